The molecule has 0 radical (unpaired) electrons. The highest BCUT2D eigenvalue weighted by Crippen LogP contribution is 2.11. The lowest BCUT2D eigenvalue weighted by Crippen LogP contribution is -2.27. The molecule has 0 bridgehead atoms. The molecule has 0 aliphatic rings. The number of nitrogens with one attached hydrogen (secondary N) is 2. The van der Waals surface area contributed by atoms with Crippen LogP contribution in [0.2, 0.25) is 0 Å². The third kappa shape index (κ3) is 3.70. The predicted molar refractivity (Wildman–Crippen MR) is 79.6 cm³/mol. The first kappa shape index (κ1) is 13.9. The molecule has 19 heavy (non-hydrogen) atoms. The van der Waals surface area contributed by atoms with Crippen LogP contribution in [0.5, 0.6) is 0 Å². The van der Waals surface area contributed by atoms with Crippen molar-refractivity contribution in [2.75, 3.05) is 19.6 Å². The Morgan fingerprint density at radius 3 is 2.37 bits per heavy atom. The molecule has 0 unspecified atom stereocenters. The molecule has 2 rings (SSSR count). The second-order valence-corrected chi connectivity index (χ2v) is 5.05. The Labute approximate surface area is 113 Å². The van der Waals surface area contributed by atoms with Crippen LogP contribution in [0.3, 0.4) is 0 Å². The molecule has 0 amide bonds. The Morgan fingerprint density at radius 2 is 1.68 bits per heavy atom. The molecule has 0 aliphatic heterocycles. The first-order chi connectivity index (χ1) is 9.22. The molecule has 1 aromatic carbocycles. The van der Waals surface area contributed by atoms with Gasteiger partial charge in [0.2, 0.25) is 0 Å². The SMILES string of the molecule is CCCN(CCC)CCc1ccc2[nH]c(=O)[nH]c2c1. The summed E-state index contributed by atoms with van der Waals surface area (Å²) in [5, 5.41) is 0. The molecule has 0 fully saturated rings. The molecule has 0 atom stereocenters. The van der Waals surface area contributed by atoms with Gasteiger partial charge in [-0.2, -0.15) is 0 Å². The van der Waals surface area contributed by atoms with Gasteiger partial charge in [0.1, 0.15) is 0 Å². The van der Waals surface area contributed by atoms with E-state index in [0.29, 0.717) is 0 Å². The number of nitrogens with zero attached hydrogens (tertiary/aromatic N) is 1. The summed E-state index contributed by atoms with van der Waals surface area (Å²) in [6.45, 7) is 7.86. The van der Waals surface area contributed by atoms with Crippen LogP contribution in [0.4, 0.5) is 0 Å². The van der Waals surface area contributed by atoms with Crippen molar-refractivity contribution in [2.24, 2.45) is 0 Å². The van der Waals surface area contributed by atoms with E-state index in [2.05, 4.69) is 40.8 Å². The zero-order valence-corrected chi connectivity index (χ0v) is 11.8. The number of H-pyrrole nitrogens is 2. The molecule has 4 nitrogen and oxygen atoms in total. The summed E-state index contributed by atoms with van der Waals surface area (Å²) in [6.07, 6.45) is 3.43. The summed E-state index contributed by atoms with van der Waals surface area (Å²) >= 11 is 0. The van der Waals surface area contributed by atoms with E-state index in [-0.39, 0.29) is 5.69 Å². The minimum absolute atomic E-state index is 0.134. The molecule has 0 aliphatic carbocycles. The summed E-state index contributed by atoms with van der Waals surface area (Å²) in [5.41, 5.74) is 2.93. The Kier molecular flexibility index (Phi) is 4.80. The van der Waals surface area contributed by atoms with Crippen LogP contribution < -0.4 is 5.69 Å². The third-order valence-corrected chi connectivity index (χ3v) is 3.38. The predicted octanol–water partition coefficient (Wildman–Crippen LogP) is 2.52. The number of imidazole rings is 1. The molecular weight excluding hydrogens is 238 g/mol. The maximum atomic E-state index is 11.2. The lowest BCUT2D eigenvalue weighted by Gasteiger charge is -2.20. The fraction of sp³-hybridized carbons (Fsp3) is 0.533. The molecule has 1 aromatic heterocycles. The number of benzene rings is 1. The van der Waals surface area contributed by atoms with Crippen LogP contribution in [0.1, 0.15) is 32.3 Å². The number of hydrogen-bond acceptors (Lipinski definition) is 2. The molecule has 104 valence electrons. The highest BCUT2D eigenvalue weighted by Gasteiger charge is 2.04. The minimum Gasteiger partial charge on any atom is -0.306 e. The number of hydrogen-bond donors (Lipinski definition) is 2. The highest BCUT2D eigenvalue weighted by atomic mass is 16.1. The standard InChI is InChI=1S/C15H23N3O/c1-3-8-18(9-4-2)10-7-12-5-6-13-14(11-12)17-15(19)16-13/h5-6,11H,3-4,7-10H2,1-2H3,(H2,16,17,19). The van der Waals surface area contributed by atoms with Crippen molar-refractivity contribution >= 4 is 11.0 Å². The van der Waals surface area contributed by atoms with Crippen molar-refractivity contribution < 1.29 is 0 Å². The van der Waals surface area contributed by atoms with Gasteiger partial charge in [-0.15, -0.1) is 0 Å². The zero-order valence-electron chi connectivity index (χ0n) is 11.8. The van der Waals surface area contributed by atoms with Crippen LogP contribution in [0.15, 0.2) is 23.0 Å². The van der Waals surface area contributed by atoms with Gasteiger partial charge < -0.3 is 14.9 Å². The summed E-state index contributed by atoms with van der Waals surface area (Å²) in [7, 11) is 0. The Balaban J connectivity index is 2.01. The van der Waals surface area contributed by atoms with E-state index in [1.165, 1.54) is 18.4 Å². The fourth-order valence-corrected chi connectivity index (χ4v) is 2.49. The van der Waals surface area contributed by atoms with Gasteiger partial charge in [-0.3, -0.25) is 0 Å². The maximum absolute atomic E-state index is 11.2. The quantitative estimate of drug-likeness (QED) is 0.804. The second kappa shape index (κ2) is 6.57. The molecule has 2 aromatic rings. The number of aromatic nitrogens is 2. The minimum atomic E-state index is -0.134. The van der Waals surface area contributed by atoms with Gasteiger partial charge in [0, 0.05) is 6.54 Å². The summed E-state index contributed by atoms with van der Waals surface area (Å²) in [6, 6.07) is 6.15. The maximum Gasteiger partial charge on any atom is 0.323 e. The summed E-state index contributed by atoms with van der Waals surface area (Å²) in [5.74, 6) is 0. The van der Waals surface area contributed by atoms with Gasteiger partial charge in [0.25, 0.3) is 0 Å². The monoisotopic (exact) mass is 261 g/mol. The van der Waals surface area contributed by atoms with Gasteiger partial charge in [-0.05, 0) is 50.0 Å². The summed E-state index contributed by atoms with van der Waals surface area (Å²) < 4.78 is 0. The van der Waals surface area contributed by atoms with Gasteiger partial charge in [0.05, 0.1) is 11.0 Å². The van der Waals surface area contributed by atoms with Crippen LogP contribution in [-0.2, 0) is 6.42 Å². The molecular formula is C15H23N3O. The fourth-order valence-electron chi connectivity index (χ4n) is 2.49. The molecule has 0 saturated heterocycles. The van der Waals surface area contributed by atoms with Crippen molar-refractivity contribution in [3.63, 3.8) is 0 Å². The number of fused-ring (bicyclic) bond motifs is 1. The normalized spacial score (nSPS) is 11.5. The molecule has 4 heteroatoms. The van der Waals surface area contributed by atoms with E-state index in [1.54, 1.807) is 0 Å². The largest absolute Gasteiger partial charge is 0.323 e. The van der Waals surface area contributed by atoms with E-state index in [9.17, 15) is 4.79 Å². The van der Waals surface area contributed by atoms with E-state index >= 15 is 0 Å². The molecule has 1 heterocycles. The molecule has 0 spiro atoms. The van der Waals surface area contributed by atoms with Gasteiger partial charge in [-0.25, -0.2) is 4.79 Å². The second-order valence-electron chi connectivity index (χ2n) is 5.05. The number of rotatable bonds is 7. The lowest BCUT2D eigenvalue weighted by atomic mass is 10.1. The van der Waals surface area contributed by atoms with Gasteiger partial charge in [-0.1, -0.05) is 19.9 Å². The average molecular weight is 261 g/mol. The molecule has 0 saturated carbocycles. The van der Waals surface area contributed by atoms with Crippen LogP contribution in [0.25, 0.3) is 11.0 Å². The van der Waals surface area contributed by atoms with Crippen LogP contribution in [0, 0.1) is 0 Å². The Hall–Kier alpha value is -1.55. The Bertz CT molecular complexity index is 564. The first-order valence-electron chi connectivity index (χ1n) is 7.16. The van der Waals surface area contributed by atoms with Crippen molar-refractivity contribution in [1.82, 2.24) is 14.9 Å². The van der Waals surface area contributed by atoms with E-state index < -0.39 is 0 Å². The van der Waals surface area contributed by atoms with E-state index in [4.69, 9.17) is 0 Å². The van der Waals surface area contributed by atoms with Crippen molar-refractivity contribution in [1.29, 1.82) is 0 Å². The first-order valence-corrected chi connectivity index (χ1v) is 7.16. The van der Waals surface area contributed by atoms with Crippen LogP contribution in [-0.4, -0.2) is 34.5 Å². The van der Waals surface area contributed by atoms with Crippen molar-refractivity contribution in [2.45, 2.75) is 33.1 Å². The van der Waals surface area contributed by atoms with Crippen molar-refractivity contribution in [3.8, 4) is 0 Å². The molecule has 2 N–H and O–H groups in total. The lowest BCUT2D eigenvalue weighted by molar-refractivity contribution is 0.278. The Morgan fingerprint density at radius 1 is 1.00 bits per heavy atom. The summed E-state index contributed by atoms with van der Waals surface area (Å²) in [4.78, 5) is 19.3. The van der Waals surface area contributed by atoms with Crippen LogP contribution >= 0.6 is 0 Å². The zero-order chi connectivity index (χ0) is 13.7. The smallest absolute Gasteiger partial charge is 0.306 e. The third-order valence-electron chi connectivity index (χ3n) is 3.38. The van der Waals surface area contributed by atoms with Gasteiger partial charge >= 0.3 is 5.69 Å². The highest BCUT2D eigenvalue weighted by molar-refractivity contribution is 5.74. The van der Waals surface area contributed by atoms with E-state index in [0.717, 1.165) is 37.1 Å². The average Bonchev–Trinajstić information content (AvgIpc) is 2.75. The van der Waals surface area contributed by atoms with Gasteiger partial charge in [0.15, 0.2) is 0 Å². The topological polar surface area (TPSA) is 51.9 Å². The number of aromatic amines is 2. The van der Waals surface area contributed by atoms with E-state index in [1.807, 2.05) is 6.07 Å². The van der Waals surface area contributed by atoms with Crippen molar-refractivity contribution in [3.05, 3.63) is 34.2 Å².